The molecule has 0 aliphatic carbocycles. The van der Waals surface area contributed by atoms with Gasteiger partial charge >= 0.3 is 11.9 Å². The van der Waals surface area contributed by atoms with Crippen molar-refractivity contribution < 1.29 is 28.9 Å². The summed E-state index contributed by atoms with van der Waals surface area (Å²) >= 11 is 0. The molecule has 2 rings (SSSR count). The second-order valence-electron chi connectivity index (χ2n) is 5.70. The molecule has 20 heavy (non-hydrogen) atoms. The van der Waals surface area contributed by atoms with Crippen molar-refractivity contribution in [1.29, 1.82) is 0 Å². The minimum atomic E-state index is -0.815. The van der Waals surface area contributed by atoms with Gasteiger partial charge in [0.1, 0.15) is 11.6 Å². The van der Waals surface area contributed by atoms with Crippen LogP contribution in [0, 0.1) is 11.3 Å². The highest BCUT2D eigenvalue weighted by atomic mass is 17.0. The minimum Gasteiger partial charge on any atom is -0.481 e. The Labute approximate surface area is 115 Å². The molecule has 1 aromatic heterocycles. The first-order valence-corrected chi connectivity index (χ1v) is 6.35. The van der Waals surface area contributed by atoms with Crippen LogP contribution in [-0.2, 0) is 14.3 Å². The molecule has 0 unspecified atom stereocenters. The van der Waals surface area contributed by atoms with Crippen LogP contribution in [0.15, 0.2) is 4.63 Å². The molecule has 1 fully saturated rings. The van der Waals surface area contributed by atoms with Gasteiger partial charge in [-0.3, -0.25) is 14.6 Å². The zero-order chi connectivity index (χ0) is 14.9. The molecule has 0 spiro atoms. The van der Waals surface area contributed by atoms with Crippen molar-refractivity contribution in [3.8, 4) is 0 Å². The third-order valence-electron chi connectivity index (χ3n) is 2.84. The summed E-state index contributed by atoms with van der Waals surface area (Å²) in [6.45, 7) is 6.37. The number of esters is 1. The summed E-state index contributed by atoms with van der Waals surface area (Å²) in [5, 5.41) is 11.5. The van der Waals surface area contributed by atoms with Gasteiger partial charge in [0.15, 0.2) is 6.61 Å². The average Bonchev–Trinajstić information content (AvgIpc) is 2.99. The smallest absolute Gasteiger partial charge is 0.311 e. The number of carboxylic acids is 1. The zero-order valence-electron chi connectivity index (χ0n) is 11.7. The highest BCUT2D eigenvalue weighted by Gasteiger charge is 2.38. The third kappa shape index (κ3) is 3.28. The molecule has 0 aromatic carbocycles. The van der Waals surface area contributed by atoms with Crippen LogP contribution in [0.25, 0.3) is 0 Å². The first-order valence-electron chi connectivity index (χ1n) is 6.35. The summed E-state index contributed by atoms with van der Waals surface area (Å²) in [7, 11) is 0. The minimum absolute atomic E-state index is 0.127. The van der Waals surface area contributed by atoms with Gasteiger partial charge in [-0.2, -0.15) is 4.63 Å². The van der Waals surface area contributed by atoms with Crippen LogP contribution in [0.3, 0.4) is 0 Å². The Morgan fingerprint density at radius 2 is 1.95 bits per heavy atom. The fourth-order valence-corrected chi connectivity index (χ4v) is 1.49. The van der Waals surface area contributed by atoms with Gasteiger partial charge in [-0.15, -0.1) is 0 Å². The Kier molecular flexibility index (Phi) is 3.69. The van der Waals surface area contributed by atoms with Gasteiger partial charge in [-0.1, -0.05) is 0 Å². The van der Waals surface area contributed by atoms with Gasteiger partial charge in [-0.05, 0) is 20.8 Å². The molecule has 1 saturated heterocycles. The van der Waals surface area contributed by atoms with E-state index in [9.17, 15) is 9.59 Å². The molecule has 0 bridgehead atoms. The van der Waals surface area contributed by atoms with Gasteiger partial charge < -0.3 is 14.7 Å². The van der Waals surface area contributed by atoms with E-state index in [1.165, 1.54) is 4.96 Å². The lowest BCUT2D eigenvalue weighted by molar-refractivity contribution is -0.154. The van der Waals surface area contributed by atoms with Gasteiger partial charge in [-0.25, -0.2) is 0 Å². The van der Waals surface area contributed by atoms with Crippen molar-refractivity contribution in [3.05, 3.63) is 0 Å². The van der Waals surface area contributed by atoms with Crippen molar-refractivity contribution >= 4 is 11.9 Å². The van der Waals surface area contributed by atoms with Crippen molar-refractivity contribution in [2.75, 3.05) is 31.3 Å². The number of carbonyl (C=O) groups excluding carboxylic acids is 1. The number of nitrogens with zero attached hydrogens (tertiary/aromatic N) is 3. The van der Waals surface area contributed by atoms with Gasteiger partial charge in [0.2, 0.25) is 0 Å². The fraction of sp³-hybridized carbons (Fsp3) is 0.818. The average molecular weight is 289 g/mol. The summed E-state index contributed by atoms with van der Waals surface area (Å²) in [5.74, 6) is -1.48. The monoisotopic (exact) mass is 289 g/mol. The summed E-state index contributed by atoms with van der Waals surface area (Å²) < 4.78 is 9.97. The molecule has 1 aliphatic heterocycles. The quantitative estimate of drug-likeness (QED) is 0.559. The molecular weight excluding hydrogens is 270 g/mol. The van der Waals surface area contributed by atoms with Gasteiger partial charge in [0, 0.05) is 4.96 Å². The lowest BCUT2D eigenvalue weighted by Crippen LogP contribution is -2.55. The van der Waals surface area contributed by atoms with E-state index in [0.29, 0.717) is 13.1 Å². The normalized spacial score (nSPS) is 16.1. The van der Waals surface area contributed by atoms with Crippen LogP contribution in [0.1, 0.15) is 20.8 Å². The van der Waals surface area contributed by atoms with E-state index < -0.39 is 11.4 Å². The van der Waals surface area contributed by atoms with Crippen LogP contribution < -0.4 is 9.85 Å². The molecule has 1 N–H and O–H groups in total. The Morgan fingerprint density at radius 1 is 1.30 bits per heavy atom. The van der Waals surface area contributed by atoms with Crippen molar-refractivity contribution in [2.24, 2.45) is 11.3 Å². The molecule has 0 atom stereocenters. The van der Waals surface area contributed by atoms with Crippen LogP contribution in [0.2, 0.25) is 0 Å². The van der Waals surface area contributed by atoms with E-state index in [2.05, 4.69) is 0 Å². The number of aromatic nitrogens is 2. The first kappa shape index (κ1) is 14.4. The lowest BCUT2D eigenvalue weighted by atomic mass is 9.97. The third-order valence-corrected chi connectivity index (χ3v) is 2.84. The maximum absolute atomic E-state index is 11.5. The highest BCUT2D eigenvalue weighted by molar-refractivity contribution is 5.75. The number of hydrogen-bond acceptors (Lipinski definition) is 6. The van der Waals surface area contributed by atoms with Crippen molar-refractivity contribution in [1.82, 2.24) is 9.98 Å². The number of hydrogen-bond donors (Lipinski definition) is 1. The Bertz CT molecular complexity index is 474. The Morgan fingerprint density at radius 3 is 2.50 bits per heavy atom. The Hall–Kier alpha value is -2.06. The first-order chi connectivity index (χ1) is 9.29. The van der Waals surface area contributed by atoms with Crippen molar-refractivity contribution in [3.63, 3.8) is 0 Å². The predicted octanol–water partition coefficient (Wildman–Crippen LogP) is -0.447. The van der Waals surface area contributed by atoms with Crippen LogP contribution in [0.4, 0.5) is 0 Å². The summed E-state index contributed by atoms with van der Waals surface area (Å²) in [5.41, 5.74) is -0.536. The second-order valence-corrected chi connectivity index (χ2v) is 5.70. The number of carboxylic acid groups (broad SMARTS) is 1. The number of rotatable bonds is 6. The topological polar surface area (TPSA) is 99.1 Å². The predicted molar refractivity (Wildman–Crippen MR) is 65.6 cm³/mol. The highest BCUT2D eigenvalue weighted by Crippen LogP contribution is 2.16. The summed E-state index contributed by atoms with van der Waals surface area (Å²) in [4.78, 5) is 28.6. The largest absolute Gasteiger partial charge is 0.481 e. The van der Waals surface area contributed by atoms with Crippen molar-refractivity contribution in [2.45, 2.75) is 20.8 Å². The second kappa shape index (κ2) is 5.14. The van der Waals surface area contributed by atoms with Crippen LogP contribution in [-0.4, -0.2) is 53.3 Å². The fourth-order valence-electron chi connectivity index (χ4n) is 1.49. The van der Waals surface area contributed by atoms with E-state index in [4.69, 9.17) is 19.3 Å². The lowest BCUT2D eigenvalue weighted by Gasteiger charge is -2.32. The van der Waals surface area contributed by atoms with E-state index in [0.717, 1.165) is 5.02 Å². The molecule has 9 nitrogen and oxygen atoms in total. The molecule has 0 amide bonds. The van der Waals surface area contributed by atoms with Gasteiger partial charge in [0.05, 0.1) is 24.4 Å². The van der Waals surface area contributed by atoms with Gasteiger partial charge in [0.25, 0.3) is 0 Å². The number of carbonyl (C=O) groups is 2. The van der Waals surface area contributed by atoms with E-state index >= 15 is 0 Å². The molecule has 0 radical (unpaired) electrons. The molecule has 9 heteroatoms. The molecule has 2 heterocycles. The molecule has 0 saturated carbocycles. The molecule has 114 valence electrons. The maximum atomic E-state index is 11.5. The number of aliphatic carboxylic acids is 1. The molecular formula is C11H19N3O6. The maximum Gasteiger partial charge on any atom is 0.311 e. The summed E-state index contributed by atoms with van der Waals surface area (Å²) in [6.07, 6.45) is 0. The molecule has 1 aliphatic rings. The standard InChI is InChI=1S/C11H19N3O6/c1-11(2,3)10(17)18-4-5-19-14-13(20-14)12-6-8(7-12)9(15)16/h8H,4-7H2,1-3H3,(H,15,16). The van der Waals surface area contributed by atoms with E-state index in [1.807, 2.05) is 0 Å². The SMILES string of the molecule is CC(C)(C)C(=O)OCCOn1on1N1CC(C(=O)O)C1. The number of ether oxygens (including phenoxy) is 1. The van der Waals surface area contributed by atoms with Crippen LogP contribution >= 0.6 is 0 Å². The Balaban J connectivity index is 1.59. The van der Waals surface area contributed by atoms with Crippen LogP contribution in [0.5, 0.6) is 0 Å². The summed E-state index contributed by atoms with van der Waals surface area (Å²) in [6, 6.07) is 0. The molecule has 1 aromatic rings. The van der Waals surface area contributed by atoms with E-state index in [1.54, 1.807) is 25.8 Å². The van der Waals surface area contributed by atoms with E-state index in [-0.39, 0.29) is 25.1 Å². The zero-order valence-corrected chi connectivity index (χ0v) is 11.7.